The number of nitrogens with zero attached hydrogens (tertiary/aromatic N) is 1. The van der Waals surface area contributed by atoms with Crippen molar-refractivity contribution in [2.75, 3.05) is 30.4 Å². The molecule has 1 N–H and O–H groups in total. The molecule has 1 saturated heterocycles. The Morgan fingerprint density at radius 1 is 1.08 bits per heavy atom. The summed E-state index contributed by atoms with van der Waals surface area (Å²) in [7, 11) is 1.78. The van der Waals surface area contributed by atoms with Crippen LogP contribution < -0.4 is 10.2 Å². The summed E-state index contributed by atoms with van der Waals surface area (Å²) in [6.07, 6.45) is 12.1. The fraction of sp³-hybridized carbons (Fsp3) is 0.682. The molecule has 1 atom stereocenters. The molecule has 0 spiro atoms. The zero-order valence-corrected chi connectivity index (χ0v) is 16.6. The van der Waals surface area contributed by atoms with E-state index in [9.17, 15) is 4.79 Å². The van der Waals surface area contributed by atoms with Crippen LogP contribution >= 0.6 is 0 Å². The maximum Gasteiger partial charge on any atom is 0.224 e. The molecule has 4 nitrogen and oxygen atoms in total. The summed E-state index contributed by atoms with van der Waals surface area (Å²) in [5.41, 5.74) is 2.09. The second-order valence-electron chi connectivity index (χ2n) is 7.41. The van der Waals surface area contributed by atoms with Crippen LogP contribution in [-0.2, 0) is 9.53 Å². The summed E-state index contributed by atoms with van der Waals surface area (Å²) in [5, 5.41) is 3.02. The lowest BCUT2D eigenvalue weighted by Crippen LogP contribution is -2.22. The highest BCUT2D eigenvalue weighted by Gasteiger charge is 2.22. The van der Waals surface area contributed by atoms with Crippen LogP contribution in [0.1, 0.15) is 71.1 Å². The lowest BCUT2D eigenvalue weighted by molar-refractivity contribution is -0.116. The Bertz CT molecular complexity index is 515. The minimum Gasteiger partial charge on any atom is -0.380 e. The van der Waals surface area contributed by atoms with Gasteiger partial charge < -0.3 is 15.0 Å². The molecule has 0 aliphatic carbocycles. The minimum absolute atomic E-state index is 0.129. The van der Waals surface area contributed by atoms with E-state index in [4.69, 9.17) is 4.74 Å². The molecule has 1 aliphatic rings. The van der Waals surface area contributed by atoms with Crippen LogP contribution in [0.15, 0.2) is 24.3 Å². The van der Waals surface area contributed by atoms with Crippen LogP contribution in [0.5, 0.6) is 0 Å². The van der Waals surface area contributed by atoms with Crippen molar-refractivity contribution in [3.05, 3.63) is 24.3 Å². The van der Waals surface area contributed by atoms with E-state index in [-0.39, 0.29) is 5.91 Å². The largest absolute Gasteiger partial charge is 0.380 e. The molecule has 0 saturated carbocycles. The Morgan fingerprint density at radius 3 is 2.35 bits per heavy atom. The molecule has 0 aromatic heterocycles. The van der Waals surface area contributed by atoms with E-state index in [2.05, 4.69) is 29.3 Å². The number of benzene rings is 1. The monoisotopic (exact) mass is 360 g/mol. The Morgan fingerprint density at radius 2 is 1.73 bits per heavy atom. The van der Waals surface area contributed by atoms with Crippen molar-refractivity contribution < 1.29 is 9.53 Å². The average molecular weight is 361 g/mol. The molecule has 1 aromatic carbocycles. The molecule has 1 amide bonds. The van der Waals surface area contributed by atoms with E-state index in [0.717, 1.165) is 38.0 Å². The summed E-state index contributed by atoms with van der Waals surface area (Å²) in [6, 6.07) is 8.18. The van der Waals surface area contributed by atoms with Crippen molar-refractivity contribution in [1.29, 1.82) is 0 Å². The van der Waals surface area contributed by atoms with Gasteiger partial charge in [-0.25, -0.2) is 0 Å². The van der Waals surface area contributed by atoms with E-state index in [0.29, 0.717) is 12.5 Å². The van der Waals surface area contributed by atoms with Gasteiger partial charge in [-0.15, -0.1) is 0 Å². The first kappa shape index (κ1) is 20.8. The number of hydrogen-bond donors (Lipinski definition) is 1. The van der Waals surface area contributed by atoms with Crippen LogP contribution in [0.3, 0.4) is 0 Å². The van der Waals surface area contributed by atoms with E-state index >= 15 is 0 Å². The number of methoxy groups -OCH3 is 1. The highest BCUT2D eigenvalue weighted by molar-refractivity contribution is 5.90. The number of carbonyl (C=O) groups excluding carboxylic acids is 1. The topological polar surface area (TPSA) is 41.6 Å². The number of nitrogens with one attached hydrogen (secondary N) is 1. The molecule has 2 rings (SSSR count). The number of ether oxygens (including phenoxy) is 1. The van der Waals surface area contributed by atoms with Gasteiger partial charge in [0.25, 0.3) is 0 Å². The van der Waals surface area contributed by atoms with Crippen molar-refractivity contribution >= 4 is 17.3 Å². The van der Waals surface area contributed by atoms with Crippen molar-refractivity contribution in [1.82, 2.24) is 0 Å². The highest BCUT2D eigenvalue weighted by atomic mass is 16.5. The molecule has 1 aliphatic heterocycles. The second kappa shape index (κ2) is 11.9. The van der Waals surface area contributed by atoms with Gasteiger partial charge in [-0.1, -0.05) is 51.9 Å². The van der Waals surface area contributed by atoms with Gasteiger partial charge in [0, 0.05) is 38.0 Å². The predicted octanol–water partition coefficient (Wildman–Crippen LogP) is 5.38. The molecule has 0 bridgehead atoms. The molecular weight excluding hydrogens is 324 g/mol. The van der Waals surface area contributed by atoms with Gasteiger partial charge in [0.1, 0.15) is 0 Å². The smallest absolute Gasteiger partial charge is 0.224 e. The second-order valence-corrected chi connectivity index (χ2v) is 7.41. The van der Waals surface area contributed by atoms with E-state index in [1.54, 1.807) is 7.11 Å². The lowest BCUT2D eigenvalue weighted by Gasteiger charge is -2.18. The van der Waals surface area contributed by atoms with Crippen LogP contribution in [0, 0.1) is 0 Å². The molecule has 1 fully saturated rings. The number of unbranched alkanes of at least 4 members (excludes halogenated alkanes) is 7. The number of anilines is 2. The first-order valence-corrected chi connectivity index (χ1v) is 10.4. The summed E-state index contributed by atoms with van der Waals surface area (Å²) < 4.78 is 5.42. The molecule has 26 heavy (non-hydrogen) atoms. The lowest BCUT2D eigenvalue weighted by atomic mass is 10.1. The molecule has 4 heteroatoms. The third-order valence-corrected chi connectivity index (χ3v) is 5.25. The molecule has 0 radical (unpaired) electrons. The number of amides is 1. The molecule has 146 valence electrons. The van der Waals surface area contributed by atoms with Gasteiger partial charge in [-0.2, -0.15) is 0 Å². The Hall–Kier alpha value is -1.55. The van der Waals surface area contributed by atoms with E-state index in [1.807, 2.05) is 12.1 Å². The quantitative estimate of drug-likeness (QED) is 0.509. The average Bonchev–Trinajstić information content (AvgIpc) is 3.14. The molecule has 1 aromatic rings. The number of hydrogen-bond acceptors (Lipinski definition) is 3. The Balaban J connectivity index is 1.60. The molecule has 1 unspecified atom stereocenters. The molecule has 1 heterocycles. The highest BCUT2D eigenvalue weighted by Crippen LogP contribution is 2.23. The normalized spacial score (nSPS) is 16.8. The maximum atomic E-state index is 12.1. The number of rotatable bonds is 12. The predicted molar refractivity (Wildman–Crippen MR) is 110 cm³/mol. The third-order valence-electron chi connectivity index (χ3n) is 5.25. The summed E-state index contributed by atoms with van der Waals surface area (Å²) in [6.45, 7) is 4.22. The summed E-state index contributed by atoms with van der Waals surface area (Å²) in [4.78, 5) is 14.4. The van der Waals surface area contributed by atoms with Crippen LogP contribution in [0.25, 0.3) is 0 Å². The standard InChI is InChI=1S/C22H36N2O2/c1-3-4-5-6-7-8-9-10-11-22(25)23-19-12-14-20(15-13-19)24-17-16-21(18-24)26-2/h12-15,21H,3-11,16-18H2,1-2H3,(H,23,25). The third kappa shape index (κ3) is 7.36. The first-order chi connectivity index (χ1) is 12.7. The zero-order valence-electron chi connectivity index (χ0n) is 16.6. The summed E-state index contributed by atoms with van der Waals surface area (Å²) >= 11 is 0. The van der Waals surface area contributed by atoms with Crippen LogP contribution in [-0.4, -0.2) is 32.2 Å². The van der Waals surface area contributed by atoms with Gasteiger partial charge in [-0.05, 0) is 37.1 Å². The zero-order chi connectivity index (χ0) is 18.6. The van der Waals surface area contributed by atoms with Crippen molar-refractivity contribution in [3.63, 3.8) is 0 Å². The summed E-state index contributed by atoms with van der Waals surface area (Å²) in [5.74, 6) is 0.129. The van der Waals surface area contributed by atoms with Gasteiger partial charge in [0.15, 0.2) is 0 Å². The van der Waals surface area contributed by atoms with Gasteiger partial charge in [-0.3, -0.25) is 4.79 Å². The van der Waals surface area contributed by atoms with Gasteiger partial charge in [0.05, 0.1) is 6.10 Å². The van der Waals surface area contributed by atoms with Gasteiger partial charge in [0.2, 0.25) is 5.91 Å². The van der Waals surface area contributed by atoms with Gasteiger partial charge >= 0.3 is 0 Å². The van der Waals surface area contributed by atoms with E-state index < -0.39 is 0 Å². The van der Waals surface area contributed by atoms with Crippen LogP contribution in [0.2, 0.25) is 0 Å². The van der Waals surface area contributed by atoms with Crippen molar-refractivity contribution in [2.45, 2.75) is 77.2 Å². The minimum atomic E-state index is 0.129. The fourth-order valence-electron chi connectivity index (χ4n) is 3.55. The molecular formula is C22H36N2O2. The van der Waals surface area contributed by atoms with Crippen molar-refractivity contribution in [3.8, 4) is 0 Å². The SMILES string of the molecule is CCCCCCCCCCC(=O)Nc1ccc(N2CCC(OC)C2)cc1. The van der Waals surface area contributed by atoms with E-state index in [1.165, 1.54) is 44.2 Å². The van der Waals surface area contributed by atoms with Crippen molar-refractivity contribution in [2.24, 2.45) is 0 Å². The Kier molecular flexibility index (Phi) is 9.54. The number of carbonyl (C=O) groups is 1. The maximum absolute atomic E-state index is 12.1. The first-order valence-electron chi connectivity index (χ1n) is 10.4. The Labute approximate surface area is 159 Å². The fourth-order valence-corrected chi connectivity index (χ4v) is 3.55. The van der Waals surface area contributed by atoms with Crippen LogP contribution in [0.4, 0.5) is 11.4 Å².